The molecule has 2 nitrogen and oxygen atoms in total. The van der Waals surface area contributed by atoms with Gasteiger partial charge >= 0.3 is 0 Å². The Bertz CT molecular complexity index is 368. The van der Waals surface area contributed by atoms with E-state index in [4.69, 9.17) is 5.11 Å². The van der Waals surface area contributed by atoms with Crippen LogP contribution in [0.4, 0.5) is 4.39 Å². The Morgan fingerprint density at radius 1 is 1.41 bits per heavy atom. The van der Waals surface area contributed by atoms with Crippen molar-refractivity contribution in [2.75, 3.05) is 13.2 Å². The van der Waals surface area contributed by atoms with Crippen LogP contribution in [-0.4, -0.2) is 18.3 Å². The molecule has 0 aliphatic rings. The number of rotatable bonds is 6. The summed E-state index contributed by atoms with van der Waals surface area (Å²) in [5.74, 6) is -0.235. The van der Waals surface area contributed by atoms with E-state index in [2.05, 4.69) is 35.1 Å². The molecule has 0 heterocycles. The predicted molar refractivity (Wildman–Crippen MR) is 71.3 cm³/mol. The molecule has 0 unspecified atom stereocenters. The lowest BCUT2D eigenvalue weighted by Crippen LogP contribution is -2.30. The number of nitrogens with one attached hydrogen (secondary N) is 1. The van der Waals surface area contributed by atoms with Crippen molar-refractivity contribution < 1.29 is 9.50 Å². The van der Waals surface area contributed by atoms with E-state index in [-0.39, 0.29) is 17.8 Å². The van der Waals surface area contributed by atoms with Gasteiger partial charge in [0, 0.05) is 24.2 Å². The van der Waals surface area contributed by atoms with Crippen LogP contribution >= 0.6 is 15.9 Å². The molecule has 0 saturated heterocycles. The quantitative estimate of drug-likeness (QED) is 0.846. The number of aliphatic hydroxyl groups excluding tert-OH is 1. The fraction of sp³-hybridized carbons (Fsp3) is 0.538. The molecule has 1 rings (SSSR count). The first-order valence-electron chi connectivity index (χ1n) is 5.70. The highest BCUT2D eigenvalue weighted by Crippen LogP contribution is 2.20. The molecule has 1 aromatic carbocycles. The fourth-order valence-corrected chi connectivity index (χ4v) is 2.08. The number of hydrogen-bond acceptors (Lipinski definition) is 2. The first-order chi connectivity index (χ1) is 7.94. The van der Waals surface area contributed by atoms with Gasteiger partial charge < -0.3 is 10.4 Å². The third-order valence-electron chi connectivity index (χ3n) is 2.72. The molecule has 2 N–H and O–H groups in total. The van der Waals surface area contributed by atoms with Crippen molar-refractivity contribution in [2.45, 2.75) is 26.8 Å². The molecular formula is C13H19BrFNO. The average Bonchev–Trinajstić information content (AvgIpc) is 2.21. The van der Waals surface area contributed by atoms with Gasteiger partial charge in [0.05, 0.1) is 0 Å². The third kappa shape index (κ3) is 5.15. The van der Waals surface area contributed by atoms with E-state index in [0.717, 1.165) is 23.0 Å². The van der Waals surface area contributed by atoms with Gasteiger partial charge in [-0.2, -0.15) is 0 Å². The van der Waals surface area contributed by atoms with Crippen LogP contribution in [-0.2, 0) is 6.54 Å². The van der Waals surface area contributed by atoms with Gasteiger partial charge in [0.2, 0.25) is 0 Å². The van der Waals surface area contributed by atoms with E-state index >= 15 is 0 Å². The summed E-state index contributed by atoms with van der Waals surface area (Å²) in [6, 6.07) is 4.70. The second kappa shape index (κ2) is 6.47. The van der Waals surface area contributed by atoms with Crippen molar-refractivity contribution in [1.29, 1.82) is 0 Å². The number of halogens is 2. The molecule has 0 amide bonds. The zero-order valence-electron chi connectivity index (χ0n) is 10.3. The van der Waals surface area contributed by atoms with Crippen molar-refractivity contribution in [3.63, 3.8) is 0 Å². The number of hydrogen-bond donors (Lipinski definition) is 2. The van der Waals surface area contributed by atoms with Crippen LogP contribution in [0.2, 0.25) is 0 Å². The first kappa shape index (κ1) is 14.6. The third-order valence-corrected chi connectivity index (χ3v) is 3.46. The van der Waals surface area contributed by atoms with Gasteiger partial charge in [-0.25, -0.2) is 4.39 Å². The Morgan fingerprint density at radius 3 is 2.71 bits per heavy atom. The monoisotopic (exact) mass is 303 g/mol. The maximum atomic E-state index is 12.9. The summed E-state index contributed by atoms with van der Waals surface area (Å²) in [5, 5.41) is 12.2. The smallest absolute Gasteiger partial charge is 0.124 e. The summed E-state index contributed by atoms with van der Waals surface area (Å²) in [4.78, 5) is 0. The lowest BCUT2D eigenvalue weighted by atomic mass is 9.90. The summed E-state index contributed by atoms with van der Waals surface area (Å²) >= 11 is 3.34. The van der Waals surface area contributed by atoms with Crippen LogP contribution in [0.3, 0.4) is 0 Å². The summed E-state index contributed by atoms with van der Waals surface area (Å²) in [6.45, 7) is 5.92. The van der Waals surface area contributed by atoms with E-state index in [0.29, 0.717) is 6.54 Å². The lowest BCUT2D eigenvalue weighted by molar-refractivity contribution is 0.207. The normalized spacial score (nSPS) is 11.8. The van der Waals surface area contributed by atoms with Crippen molar-refractivity contribution >= 4 is 15.9 Å². The van der Waals surface area contributed by atoms with E-state index < -0.39 is 0 Å². The molecule has 0 radical (unpaired) electrons. The summed E-state index contributed by atoms with van der Waals surface area (Å²) in [7, 11) is 0. The molecular weight excluding hydrogens is 285 g/mol. The second-order valence-corrected chi connectivity index (χ2v) is 5.83. The Labute approximate surface area is 110 Å². The van der Waals surface area contributed by atoms with Crippen LogP contribution in [0.1, 0.15) is 25.8 Å². The van der Waals surface area contributed by atoms with Crippen molar-refractivity contribution in [3.8, 4) is 0 Å². The topological polar surface area (TPSA) is 32.3 Å². The predicted octanol–water partition coefficient (Wildman–Crippen LogP) is 3.09. The summed E-state index contributed by atoms with van der Waals surface area (Å²) in [6.07, 6.45) is 0.768. The maximum Gasteiger partial charge on any atom is 0.124 e. The van der Waals surface area contributed by atoms with Gasteiger partial charge in [0.15, 0.2) is 0 Å². The SMILES string of the molecule is CC(C)(CCO)CNCc1ccc(F)cc1Br. The molecule has 0 aromatic heterocycles. The van der Waals surface area contributed by atoms with Crippen molar-refractivity contribution in [1.82, 2.24) is 5.32 Å². The minimum atomic E-state index is -0.235. The number of aliphatic hydroxyl groups is 1. The summed E-state index contributed by atoms with van der Waals surface area (Å²) in [5.41, 5.74) is 1.10. The van der Waals surface area contributed by atoms with Gasteiger partial charge in [0.1, 0.15) is 5.82 Å². The van der Waals surface area contributed by atoms with Crippen LogP contribution < -0.4 is 5.32 Å². The Balaban J connectivity index is 2.46. The molecule has 0 aliphatic carbocycles. The Kier molecular flexibility index (Phi) is 5.56. The van der Waals surface area contributed by atoms with E-state index in [1.165, 1.54) is 12.1 Å². The van der Waals surface area contributed by atoms with E-state index in [1.807, 2.05) is 0 Å². The minimum Gasteiger partial charge on any atom is -0.396 e. The van der Waals surface area contributed by atoms with Crippen LogP contribution in [0.25, 0.3) is 0 Å². The first-order valence-corrected chi connectivity index (χ1v) is 6.49. The maximum absolute atomic E-state index is 12.9. The van der Waals surface area contributed by atoms with Crippen LogP contribution in [0.15, 0.2) is 22.7 Å². The van der Waals surface area contributed by atoms with Crippen molar-refractivity contribution in [3.05, 3.63) is 34.1 Å². The molecule has 0 aliphatic heterocycles. The average molecular weight is 304 g/mol. The minimum absolute atomic E-state index is 0.0707. The molecule has 0 saturated carbocycles. The van der Waals surface area contributed by atoms with Crippen LogP contribution in [0.5, 0.6) is 0 Å². The van der Waals surface area contributed by atoms with Gasteiger partial charge in [-0.1, -0.05) is 35.8 Å². The van der Waals surface area contributed by atoms with E-state index in [9.17, 15) is 4.39 Å². The fourth-order valence-electron chi connectivity index (χ4n) is 1.59. The molecule has 1 aromatic rings. The van der Waals surface area contributed by atoms with Gasteiger partial charge in [-0.05, 0) is 29.5 Å². The number of benzene rings is 1. The highest BCUT2D eigenvalue weighted by Gasteiger charge is 2.16. The van der Waals surface area contributed by atoms with E-state index in [1.54, 1.807) is 6.07 Å². The standard InChI is InChI=1S/C13H19BrFNO/c1-13(2,5-6-17)9-16-8-10-3-4-11(15)7-12(10)14/h3-4,7,16-17H,5-6,8-9H2,1-2H3. The molecule has 4 heteroatoms. The Hall–Kier alpha value is -0.450. The van der Waals surface area contributed by atoms with Crippen LogP contribution in [0, 0.1) is 11.2 Å². The lowest BCUT2D eigenvalue weighted by Gasteiger charge is -2.24. The highest BCUT2D eigenvalue weighted by molar-refractivity contribution is 9.10. The van der Waals surface area contributed by atoms with Gasteiger partial charge in [-0.3, -0.25) is 0 Å². The van der Waals surface area contributed by atoms with Crippen molar-refractivity contribution in [2.24, 2.45) is 5.41 Å². The second-order valence-electron chi connectivity index (χ2n) is 4.98. The largest absolute Gasteiger partial charge is 0.396 e. The Morgan fingerprint density at radius 2 is 2.12 bits per heavy atom. The zero-order chi connectivity index (χ0) is 12.9. The van der Waals surface area contributed by atoms with Gasteiger partial charge in [0.25, 0.3) is 0 Å². The molecule has 0 bridgehead atoms. The molecule has 0 fully saturated rings. The highest BCUT2D eigenvalue weighted by atomic mass is 79.9. The molecule has 0 atom stereocenters. The molecule has 17 heavy (non-hydrogen) atoms. The van der Waals surface area contributed by atoms with Gasteiger partial charge in [-0.15, -0.1) is 0 Å². The molecule has 96 valence electrons. The summed E-state index contributed by atoms with van der Waals surface area (Å²) < 4.78 is 13.7. The zero-order valence-corrected chi connectivity index (χ0v) is 11.8. The molecule has 0 spiro atoms.